The monoisotopic (exact) mass is 326 g/mol. The molecule has 2 N–H and O–H groups in total. The largest absolute Gasteiger partial charge is 0.492 e. The van der Waals surface area contributed by atoms with Crippen LogP contribution in [0.2, 0.25) is 0 Å². The van der Waals surface area contributed by atoms with Crippen molar-refractivity contribution in [1.82, 2.24) is 10.0 Å². The van der Waals surface area contributed by atoms with Crippen LogP contribution in [0.1, 0.15) is 31.1 Å². The van der Waals surface area contributed by atoms with E-state index in [0.717, 1.165) is 0 Å². The highest BCUT2D eigenvalue weighted by molar-refractivity contribution is 7.89. The van der Waals surface area contributed by atoms with Crippen LogP contribution in [0.3, 0.4) is 0 Å². The highest BCUT2D eigenvalue weighted by atomic mass is 32.2. The van der Waals surface area contributed by atoms with Crippen molar-refractivity contribution in [2.24, 2.45) is 0 Å². The molecule has 1 aromatic carbocycles. The van der Waals surface area contributed by atoms with E-state index in [2.05, 4.69) is 16.6 Å². The Labute approximate surface area is 131 Å². The summed E-state index contributed by atoms with van der Waals surface area (Å²) in [6.07, 6.45) is 1.55. The quantitative estimate of drug-likeness (QED) is 0.712. The number of hydrogen-bond donors (Lipinski definition) is 2. The normalized spacial score (nSPS) is 11.3. The van der Waals surface area contributed by atoms with E-state index in [-0.39, 0.29) is 28.2 Å². The van der Waals surface area contributed by atoms with Gasteiger partial charge in [0, 0.05) is 18.2 Å². The van der Waals surface area contributed by atoms with Crippen LogP contribution in [-0.2, 0) is 10.0 Å². The van der Waals surface area contributed by atoms with Crippen LogP contribution in [0.25, 0.3) is 0 Å². The molecule has 0 spiro atoms. The number of carbonyl (C=O) groups is 1. The lowest BCUT2D eigenvalue weighted by molar-refractivity contribution is 0.0957. The first-order valence-electron chi connectivity index (χ1n) is 7.00. The van der Waals surface area contributed by atoms with Crippen molar-refractivity contribution in [3.05, 3.63) is 36.4 Å². The number of nitrogens with one attached hydrogen (secondary N) is 2. The van der Waals surface area contributed by atoms with Crippen LogP contribution in [0.4, 0.5) is 0 Å². The first-order chi connectivity index (χ1) is 10.3. The highest BCUT2D eigenvalue weighted by Crippen LogP contribution is 2.25. The Bertz CT molecular complexity index is 639. The molecule has 1 rings (SSSR count). The van der Waals surface area contributed by atoms with Gasteiger partial charge in [-0.25, -0.2) is 13.1 Å². The number of amides is 1. The predicted molar refractivity (Wildman–Crippen MR) is 85.6 cm³/mol. The van der Waals surface area contributed by atoms with Gasteiger partial charge in [-0.05, 0) is 39.0 Å². The predicted octanol–water partition coefficient (Wildman–Crippen LogP) is 1.69. The molecule has 6 nitrogen and oxygen atoms in total. The molecule has 0 saturated heterocycles. The third kappa shape index (κ3) is 4.85. The molecule has 0 aliphatic carbocycles. The molecule has 0 bridgehead atoms. The molecule has 1 amide bonds. The van der Waals surface area contributed by atoms with E-state index >= 15 is 0 Å². The third-order valence-electron chi connectivity index (χ3n) is 2.59. The molecule has 122 valence electrons. The molecule has 0 unspecified atom stereocenters. The van der Waals surface area contributed by atoms with Crippen molar-refractivity contribution in [2.45, 2.75) is 31.7 Å². The Morgan fingerprint density at radius 2 is 2.09 bits per heavy atom. The zero-order valence-electron chi connectivity index (χ0n) is 13.0. The zero-order valence-corrected chi connectivity index (χ0v) is 13.9. The summed E-state index contributed by atoms with van der Waals surface area (Å²) in [5.74, 6) is -0.153. The summed E-state index contributed by atoms with van der Waals surface area (Å²) in [6.45, 7) is 9.35. The Kier molecular flexibility index (Phi) is 6.58. The number of benzene rings is 1. The van der Waals surface area contributed by atoms with Crippen molar-refractivity contribution >= 4 is 15.9 Å². The molecule has 0 aromatic heterocycles. The summed E-state index contributed by atoms with van der Waals surface area (Å²) >= 11 is 0. The minimum Gasteiger partial charge on any atom is -0.492 e. The fraction of sp³-hybridized carbons (Fsp3) is 0.400. The molecule has 0 atom stereocenters. The van der Waals surface area contributed by atoms with E-state index < -0.39 is 10.0 Å². The average Bonchev–Trinajstić information content (AvgIpc) is 2.44. The fourth-order valence-corrected chi connectivity index (χ4v) is 3.20. The number of sulfonamides is 1. The summed E-state index contributed by atoms with van der Waals surface area (Å²) in [7, 11) is -3.76. The topological polar surface area (TPSA) is 84.5 Å². The average molecular weight is 326 g/mol. The van der Waals surface area contributed by atoms with Crippen LogP contribution in [-0.4, -0.2) is 33.5 Å². The minimum absolute atomic E-state index is 0.0469. The van der Waals surface area contributed by atoms with Gasteiger partial charge in [-0.3, -0.25) is 4.79 Å². The standard InChI is InChI=1S/C15H22N2O4S/c1-5-9-16-15(18)12-7-8-13(21-6-2)14(10-12)22(19,20)17-11(3)4/h5,7-8,10-11,17H,1,6,9H2,2-4H3,(H,16,18). The molecule has 0 fully saturated rings. The first-order valence-corrected chi connectivity index (χ1v) is 8.48. The van der Waals surface area contributed by atoms with Crippen molar-refractivity contribution < 1.29 is 17.9 Å². The maximum absolute atomic E-state index is 12.4. The molecule has 0 aliphatic heterocycles. The number of ether oxygens (including phenoxy) is 1. The van der Waals surface area contributed by atoms with Gasteiger partial charge in [0.05, 0.1) is 6.61 Å². The summed E-state index contributed by atoms with van der Waals surface area (Å²) in [5.41, 5.74) is 0.245. The van der Waals surface area contributed by atoms with Gasteiger partial charge in [-0.2, -0.15) is 0 Å². The SMILES string of the molecule is C=CCNC(=O)c1ccc(OCC)c(S(=O)(=O)NC(C)C)c1. The maximum atomic E-state index is 12.4. The number of carbonyl (C=O) groups excluding carboxylic acids is 1. The smallest absolute Gasteiger partial charge is 0.251 e. The van der Waals surface area contributed by atoms with Crippen LogP contribution in [0.15, 0.2) is 35.7 Å². The second kappa shape index (κ2) is 7.95. The summed E-state index contributed by atoms with van der Waals surface area (Å²) in [4.78, 5) is 11.9. The second-order valence-corrected chi connectivity index (χ2v) is 6.55. The van der Waals surface area contributed by atoms with Crippen LogP contribution in [0.5, 0.6) is 5.75 Å². The molecule has 0 aliphatic rings. The van der Waals surface area contributed by atoms with Gasteiger partial charge in [-0.15, -0.1) is 6.58 Å². The lowest BCUT2D eigenvalue weighted by atomic mass is 10.2. The lowest BCUT2D eigenvalue weighted by Gasteiger charge is -2.15. The van der Waals surface area contributed by atoms with E-state index in [4.69, 9.17) is 4.74 Å². The lowest BCUT2D eigenvalue weighted by Crippen LogP contribution is -2.31. The van der Waals surface area contributed by atoms with Gasteiger partial charge < -0.3 is 10.1 Å². The summed E-state index contributed by atoms with van der Waals surface area (Å²) in [5, 5.41) is 2.61. The highest BCUT2D eigenvalue weighted by Gasteiger charge is 2.22. The molecular formula is C15H22N2O4S. The maximum Gasteiger partial charge on any atom is 0.251 e. The molecule has 0 saturated carbocycles. The number of hydrogen-bond acceptors (Lipinski definition) is 4. The van der Waals surface area contributed by atoms with Gasteiger partial charge in [-0.1, -0.05) is 6.08 Å². The molecule has 1 aromatic rings. The molecule has 0 radical (unpaired) electrons. The van der Waals surface area contributed by atoms with Crippen molar-refractivity contribution in [1.29, 1.82) is 0 Å². The molecular weight excluding hydrogens is 304 g/mol. The van der Waals surface area contributed by atoms with Crippen LogP contribution in [0, 0.1) is 0 Å². The van der Waals surface area contributed by atoms with Gasteiger partial charge >= 0.3 is 0 Å². The van der Waals surface area contributed by atoms with E-state index in [0.29, 0.717) is 13.2 Å². The van der Waals surface area contributed by atoms with Crippen LogP contribution >= 0.6 is 0 Å². The van der Waals surface area contributed by atoms with E-state index in [1.54, 1.807) is 26.8 Å². The minimum atomic E-state index is -3.76. The Hall–Kier alpha value is -1.86. The van der Waals surface area contributed by atoms with Crippen molar-refractivity contribution in [3.63, 3.8) is 0 Å². The third-order valence-corrected chi connectivity index (χ3v) is 4.27. The Morgan fingerprint density at radius 3 is 2.64 bits per heavy atom. The van der Waals surface area contributed by atoms with Crippen molar-refractivity contribution in [2.75, 3.05) is 13.2 Å². The van der Waals surface area contributed by atoms with E-state index in [1.165, 1.54) is 18.2 Å². The molecule has 22 heavy (non-hydrogen) atoms. The summed E-state index contributed by atoms with van der Waals surface area (Å²) in [6, 6.07) is 4.06. The first kappa shape index (κ1) is 18.2. The van der Waals surface area contributed by atoms with E-state index in [1.807, 2.05) is 0 Å². The van der Waals surface area contributed by atoms with Crippen LogP contribution < -0.4 is 14.8 Å². The van der Waals surface area contributed by atoms with Gasteiger partial charge in [0.1, 0.15) is 10.6 Å². The molecule has 0 heterocycles. The Morgan fingerprint density at radius 1 is 1.41 bits per heavy atom. The Balaban J connectivity index is 3.26. The van der Waals surface area contributed by atoms with Gasteiger partial charge in [0.2, 0.25) is 10.0 Å². The number of rotatable bonds is 8. The van der Waals surface area contributed by atoms with Crippen molar-refractivity contribution in [3.8, 4) is 5.75 Å². The summed E-state index contributed by atoms with van der Waals surface area (Å²) < 4.78 is 32.6. The second-order valence-electron chi connectivity index (χ2n) is 4.87. The van der Waals surface area contributed by atoms with Gasteiger partial charge in [0.25, 0.3) is 5.91 Å². The van der Waals surface area contributed by atoms with Gasteiger partial charge in [0.15, 0.2) is 0 Å². The van der Waals surface area contributed by atoms with E-state index in [9.17, 15) is 13.2 Å². The fourth-order valence-electron chi connectivity index (χ4n) is 1.77. The molecule has 7 heteroatoms. The zero-order chi connectivity index (χ0) is 16.8.